The Morgan fingerprint density at radius 3 is 2.36 bits per heavy atom. The van der Waals surface area contributed by atoms with E-state index in [1.165, 1.54) is 11.1 Å². The molecule has 1 saturated heterocycles. The molecule has 0 aliphatic carbocycles. The molecule has 1 amide bonds. The van der Waals surface area contributed by atoms with Crippen molar-refractivity contribution in [1.82, 2.24) is 14.9 Å². The molecule has 0 bridgehead atoms. The number of amides is 1. The van der Waals surface area contributed by atoms with Gasteiger partial charge in [0, 0.05) is 43.5 Å². The molecule has 0 spiro atoms. The molecular weight excluding hydrogens is 348 g/mol. The van der Waals surface area contributed by atoms with Gasteiger partial charge in [0.15, 0.2) is 0 Å². The Labute approximate surface area is 168 Å². The number of nitrogens with zero attached hydrogens (tertiary/aromatic N) is 3. The van der Waals surface area contributed by atoms with E-state index in [1.807, 2.05) is 4.90 Å². The van der Waals surface area contributed by atoms with E-state index in [0.717, 1.165) is 30.3 Å². The molecule has 0 radical (unpaired) electrons. The minimum absolute atomic E-state index is 0.0162. The van der Waals surface area contributed by atoms with E-state index in [4.69, 9.17) is 4.98 Å². The molecular formula is C23H32N4O. The molecule has 0 saturated carbocycles. The lowest BCUT2D eigenvalue weighted by atomic mass is 9.91. The van der Waals surface area contributed by atoms with Gasteiger partial charge in [0.25, 0.3) is 0 Å². The predicted molar refractivity (Wildman–Crippen MR) is 113 cm³/mol. The minimum Gasteiger partial charge on any atom is -0.366 e. The van der Waals surface area contributed by atoms with Crippen molar-refractivity contribution in [1.29, 1.82) is 0 Å². The first-order valence-electron chi connectivity index (χ1n) is 10.2. The smallest absolute Gasteiger partial charge is 0.222 e. The molecule has 0 unspecified atom stereocenters. The molecule has 1 N–H and O–H groups in total. The summed E-state index contributed by atoms with van der Waals surface area (Å²) >= 11 is 0. The molecule has 150 valence electrons. The van der Waals surface area contributed by atoms with Crippen molar-refractivity contribution in [3.63, 3.8) is 0 Å². The normalized spacial score (nSPS) is 14.8. The zero-order valence-electron chi connectivity index (χ0n) is 17.7. The number of likely N-dealkylation sites (tertiary alicyclic amines) is 1. The van der Waals surface area contributed by atoms with Gasteiger partial charge in [-0.25, -0.2) is 9.97 Å². The van der Waals surface area contributed by atoms with Gasteiger partial charge in [0.2, 0.25) is 5.91 Å². The SMILES string of the molecule is CC(C)c1nc(NCc2ccc(CN3CCCC3=O)cc2)cc(C(C)(C)C)n1. The van der Waals surface area contributed by atoms with Crippen molar-refractivity contribution < 1.29 is 4.79 Å². The largest absolute Gasteiger partial charge is 0.366 e. The average Bonchev–Trinajstić information content (AvgIpc) is 3.05. The summed E-state index contributed by atoms with van der Waals surface area (Å²) in [6.45, 7) is 13.1. The Kier molecular flexibility index (Phi) is 6.01. The maximum atomic E-state index is 11.8. The molecule has 0 atom stereocenters. The highest BCUT2D eigenvalue weighted by Gasteiger charge is 2.20. The van der Waals surface area contributed by atoms with Gasteiger partial charge in [-0.15, -0.1) is 0 Å². The molecule has 1 aliphatic heterocycles. The van der Waals surface area contributed by atoms with Crippen LogP contribution in [-0.2, 0) is 23.3 Å². The van der Waals surface area contributed by atoms with Crippen molar-refractivity contribution in [2.24, 2.45) is 0 Å². The highest BCUT2D eigenvalue weighted by Crippen LogP contribution is 2.24. The number of carbonyl (C=O) groups excluding carboxylic acids is 1. The third-order valence-corrected chi connectivity index (χ3v) is 5.07. The number of rotatable bonds is 6. The fraction of sp³-hybridized carbons (Fsp3) is 0.522. The van der Waals surface area contributed by atoms with Crippen LogP contribution in [-0.4, -0.2) is 27.3 Å². The monoisotopic (exact) mass is 380 g/mol. The van der Waals surface area contributed by atoms with Crippen LogP contribution in [0.4, 0.5) is 5.82 Å². The number of hydrogen-bond donors (Lipinski definition) is 1. The van der Waals surface area contributed by atoms with Crippen molar-refractivity contribution in [3.05, 3.63) is 53.0 Å². The van der Waals surface area contributed by atoms with Crippen LogP contribution < -0.4 is 5.32 Å². The van der Waals surface area contributed by atoms with Gasteiger partial charge in [-0.05, 0) is 17.5 Å². The first-order chi connectivity index (χ1) is 13.2. The van der Waals surface area contributed by atoms with Crippen molar-refractivity contribution in [3.8, 4) is 0 Å². The first kappa shape index (κ1) is 20.3. The molecule has 2 aromatic rings. The number of hydrogen-bond acceptors (Lipinski definition) is 4. The maximum Gasteiger partial charge on any atom is 0.222 e. The maximum absolute atomic E-state index is 11.8. The molecule has 28 heavy (non-hydrogen) atoms. The van der Waals surface area contributed by atoms with Gasteiger partial charge in [-0.2, -0.15) is 0 Å². The van der Waals surface area contributed by atoms with Gasteiger partial charge in [0.05, 0.1) is 5.69 Å². The van der Waals surface area contributed by atoms with E-state index in [2.05, 4.69) is 75.3 Å². The summed E-state index contributed by atoms with van der Waals surface area (Å²) in [4.78, 5) is 23.2. The van der Waals surface area contributed by atoms with Crippen LogP contribution in [0.15, 0.2) is 30.3 Å². The van der Waals surface area contributed by atoms with Gasteiger partial charge >= 0.3 is 0 Å². The van der Waals surface area contributed by atoms with Gasteiger partial charge in [-0.1, -0.05) is 58.9 Å². The Balaban J connectivity index is 1.66. The lowest BCUT2D eigenvalue weighted by Gasteiger charge is -2.20. The van der Waals surface area contributed by atoms with Crippen LogP contribution in [0.1, 0.15) is 76.0 Å². The summed E-state index contributed by atoms with van der Waals surface area (Å²) in [6, 6.07) is 10.5. The highest BCUT2D eigenvalue weighted by atomic mass is 16.2. The van der Waals surface area contributed by atoms with Crippen LogP contribution in [0.3, 0.4) is 0 Å². The summed E-state index contributed by atoms with van der Waals surface area (Å²) in [5.74, 6) is 2.30. The van der Waals surface area contributed by atoms with E-state index < -0.39 is 0 Å². The second-order valence-corrected chi connectivity index (χ2v) is 8.99. The van der Waals surface area contributed by atoms with E-state index in [9.17, 15) is 4.79 Å². The Morgan fingerprint density at radius 1 is 1.11 bits per heavy atom. The molecule has 1 aliphatic rings. The van der Waals surface area contributed by atoms with E-state index >= 15 is 0 Å². The number of benzene rings is 1. The summed E-state index contributed by atoms with van der Waals surface area (Å²) < 4.78 is 0. The summed E-state index contributed by atoms with van der Waals surface area (Å²) in [5, 5.41) is 3.45. The number of anilines is 1. The Hall–Kier alpha value is -2.43. The molecule has 5 heteroatoms. The average molecular weight is 381 g/mol. The summed E-state index contributed by atoms with van der Waals surface area (Å²) in [5.41, 5.74) is 3.41. The lowest BCUT2D eigenvalue weighted by molar-refractivity contribution is -0.128. The molecule has 2 heterocycles. The van der Waals surface area contributed by atoms with Gasteiger partial charge in [0.1, 0.15) is 11.6 Å². The topological polar surface area (TPSA) is 58.1 Å². The van der Waals surface area contributed by atoms with Crippen LogP contribution in [0.25, 0.3) is 0 Å². The van der Waals surface area contributed by atoms with Gasteiger partial charge < -0.3 is 10.2 Å². The zero-order chi connectivity index (χ0) is 20.3. The Bertz CT molecular complexity index is 821. The quantitative estimate of drug-likeness (QED) is 0.794. The lowest BCUT2D eigenvalue weighted by Crippen LogP contribution is -2.23. The fourth-order valence-corrected chi connectivity index (χ4v) is 3.25. The second kappa shape index (κ2) is 8.29. The molecule has 1 aromatic heterocycles. The number of nitrogens with one attached hydrogen (secondary N) is 1. The molecule has 3 rings (SSSR count). The molecule has 1 fully saturated rings. The van der Waals surface area contributed by atoms with Crippen molar-refractivity contribution >= 4 is 11.7 Å². The first-order valence-corrected chi connectivity index (χ1v) is 10.2. The van der Waals surface area contributed by atoms with Crippen LogP contribution in [0, 0.1) is 0 Å². The second-order valence-electron chi connectivity index (χ2n) is 8.99. The number of carbonyl (C=O) groups is 1. The summed E-state index contributed by atoms with van der Waals surface area (Å²) in [7, 11) is 0. The van der Waals surface area contributed by atoms with Crippen LogP contribution >= 0.6 is 0 Å². The Morgan fingerprint density at radius 2 is 1.79 bits per heavy atom. The molecule has 1 aromatic carbocycles. The van der Waals surface area contributed by atoms with Crippen LogP contribution in [0.5, 0.6) is 0 Å². The van der Waals surface area contributed by atoms with Crippen molar-refractivity contribution in [2.75, 3.05) is 11.9 Å². The third-order valence-electron chi connectivity index (χ3n) is 5.07. The van der Waals surface area contributed by atoms with Crippen LogP contribution in [0.2, 0.25) is 0 Å². The highest BCUT2D eigenvalue weighted by molar-refractivity contribution is 5.78. The van der Waals surface area contributed by atoms with Crippen molar-refractivity contribution in [2.45, 2.75) is 71.9 Å². The minimum atomic E-state index is -0.0162. The standard InChI is InChI=1S/C23H32N4O/c1-16(2)22-25-19(23(3,4)5)13-20(26-22)24-14-17-8-10-18(11-9-17)15-27-12-6-7-21(27)28/h8-11,13,16H,6-7,12,14-15H2,1-5H3,(H,24,25,26). The zero-order valence-corrected chi connectivity index (χ0v) is 17.7. The predicted octanol–water partition coefficient (Wildman–Crippen LogP) is 4.63. The number of aromatic nitrogens is 2. The molecule has 5 nitrogen and oxygen atoms in total. The van der Waals surface area contributed by atoms with E-state index in [-0.39, 0.29) is 17.2 Å². The summed E-state index contributed by atoms with van der Waals surface area (Å²) in [6.07, 6.45) is 1.67. The van der Waals surface area contributed by atoms with E-state index in [1.54, 1.807) is 0 Å². The van der Waals surface area contributed by atoms with Gasteiger partial charge in [-0.3, -0.25) is 4.79 Å². The fourth-order valence-electron chi connectivity index (χ4n) is 3.25. The third kappa shape index (κ3) is 5.09. The van der Waals surface area contributed by atoms with E-state index in [0.29, 0.717) is 19.5 Å².